The molecule has 1 aromatic rings. The Balaban J connectivity index is 1.92. The Labute approximate surface area is 119 Å². The van der Waals surface area contributed by atoms with Crippen LogP contribution in [0.1, 0.15) is 31.7 Å². The molecule has 1 saturated heterocycles. The fraction of sp³-hybridized carbons (Fsp3) is 0.714. The fourth-order valence-corrected chi connectivity index (χ4v) is 3.35. The van der Waals surface area contributed by atoms with Crippen molar-refractivity contribution in [2.45, 2.75) is 45.7 Å². The van der Waals surface area contributed by atoms with E-state index < -0.39 is 0 Å². The quantitative estimate of drug-likeness (QED) is 0.861. The Kier molecular flexibility index (Phi) is 5.45. The molecule has 2 heterocycles. The summed E-state index contributed by atoms with van der Waals surface area (Å²) in [6, 6.07) is 2.43. The summed E-state index contributed by atoms with van der Waals surface area (Å²) < 4.78 is 1.96. The van der Waals surface area contributed by atoms with E-state index in [1.807, 2.05) is 16.4 Å². The van der Waals surface area contributed by atoms with E-state index in [-0.39, 0.29) is 0 Å². The lowest BCUT2D eigenvalue weighted by molar-refractivity contribution is -0.118. The van der Waals surface area contributed by atoms with E-state index in [0.29, 0.717) is 24.7 Å². The van der Waals surface area contributed by atoms with Gasteiger partial charge in [0, 0.05) is 49.2 Å². The summed E-state index contributed by atoms with van der Waals surface area (Å²) in [6.45, 7) is 6.02. The number of rotatable bonds is 6. The number of carbonyl (C=O) groups is 1. The Morgan fingerprint density at radius 2 is 2.42 bits per heavy atom. The van der Waals surface area contributed by atoms with Crippen LogP contribution in [0, 0.1) is 0 Å². The minimum Gasteiger partial charge on any atom is -0.312 e. The van der Waals surface area contributed by atoms with E-state index in [0.717, 1.165) is 42.4 Å². The Bertz CT molecular complexity index is 424. The second-order valence-electron chi connectivity index (χ2n) is 4.94. The van der Waals surface area contributed by atoms with E-state index in [9.17, 15) is 4.79 Å². The predicted octanol–water partition coefficient (Wildman–Crippen LogP) is 1.67. The van der Waals surface area contributed by atoms with Crippen molar-refractivity contribution < 1.29 is 4.79 Å². The molecule has 0 radical (unpaired) electrons. The van der Waals surface area contributed by atoms with Crippen LogP contribution in [-0.2, 0) is 24.2 Å². The molecule has 19 heavy (non-hydrogen) atoms. The molecule has 4 nitrogen and oxygen atoms in total. The second-order valence-corrected chi connectivity index (χ2v) is 6.09. The molecule has 0 aliphatic carbocycles. The highest BCUT2D eigenvalue weighted by molar-refractivity contribution is 7.99. The maximum absolute atomic E-state index is 12.2. The number of nitrogens with one attached hydrogen (secondary N) is 1. The monoisotopic (exact) mass is 281 g/mol. The average Bonchev–Trinajstić information content (AvgIpc) is 2.82. The number of aromatic nitrogens is 2. The van der Waals surface area contributed by atoms with Gasteiger partial charge in [0.25, 0.3) is 0 Å². The zero-order valence-electron chi connectivity index (χ0n) is 11.8. The van der Waals surface area contributed by atoms with Crippen molar-refractivity contribution in [1.82, 2.24) is 15.1 Å². The topological polar surface area (TPSA) is 46.9 Å². The highest BCUT2D eigenvalue weighted by atomic mass is 32.2. The number of thioether (sulfide) groups is 1. The highest BCUT2D eigenvalue weighted by Gasteiger charge is 2.18. The van der Waals surface area contributed by atoms with Crippen LogP contribution in [0.15, 0.2) is 6.07 Å². The maximum Gasteiger partial charge on any atom is 0.140 e. The van der Waals surface area contributed by atoms with Crippen molar-refractivity contribution in [2.75, 3.05) is 18.1 Å². The molecule has 1 aliphatic rings. The maximum atomic E-state index is 12.2. The Hall–Kier alpha value is -0.810. The number of aryl methyl sites for hydroxylation is 2. The summed E-state index contributed by atoms with van der Waals surface area (Å²) in [5, 5.41) is 7.91. The van der Waals surface area contributed by atoms with Crippen LogP contribution in [0.3, 0.4) is 0 Å². The van der Waals surface area contributed by atoms with Crippen LogP contribution < -0.4 is 5.32 Å². The molecule has 0 saturated carbocycles. The minimum atomic E-state index is 0.317. The van der Waals surface area contributed by atoms with Gasteiger partial charge in [-0.05, 0) is 19.4 Å². The van der Waals surface area contributed by atoms with Crippen molar-refractivity contribution in [2.24, 2.45) is 0 Å². The van der Waals surface area contributed by atoms with Crippen LogP contribution in [0.2, 0.25) is 0 Å². The zero-order chi connectivity index (χ0) is 13.7. The van der Waals surface area contributed by atoms with Gasteiger partial charge < -0.3 is 5.32 Å². The number of nitrogens with zero attached hydrogens (tertiary/aromatic N) is 2. The SMILES string of the molecule is CCc1cc(CC(=O)CC2CSCCN2)n(CC)n1. The first kappa shape index (κ1) is 14.6. The standard InChI is InChI=1S/C14H23N3OS/c1-3-11-7-13(17(4-2)16-11)9-14(18)8-12-10-19-6-5-15-12/h7,12,15H,3-6,8-10H2,1-2H3. The van der Waals surface area contributed by atoms with Gasteiger partial charge in [-0.25, -0.2) is 0 Å². The molecule has 1 aliphatic heterocycles. The molecular weight excluding hydrogens is 258 g/mol. The summed E-state index contributed by atoms with van der Waals surface area (Å²) >= 11 is 1.93. The minimum absolute atomic E-state index is 0.317. The van der Waals surface area contributed by atoms with E-state index in [1.54, 1.807) is 0 Å². The number of Topliss-reactive ketones (excluding diaryl/α,β-unsaturated/α-hetero) is 1. The van der Waals surface area contributed by atoms with Gasteiger partial charge in [-0.15, -0.1) is 0 Å². The molecular formula is C14H23N3OS. The molecule has 0 amide bonds. The summed E-state index contributed by atoms with van der Waals surface area (Å²) in [4.78, 5) is 12.2. The number of carbonyl (C=O) groups excluding carboxylic acids is 1. The van der Waals surface area contributed by atoms with Crippen LogP contribution >= 0.6 is 11.8 Å². The smallest absolute Gasteiger partial charge is 0.140 e. The van der Waals surface area contributed by atoms with Crippen molar-refractivity contribution >= 4 is 17.5 Å². The Morgan fingerprint density at radius 1 is 1.58 bits per heavy atom. The van der Waals surface area contributed by atoms with E-state index in [1.165, 1.54) is 0 Å². The molecule has 106 valence electrons. The van der Waals surface area contributed by atoms with Crippen LogP contribution in [0.4, 0.5) is 0 Å². The van der Waals surface area contributed by atoms with Gasteiger partial charge in [0.1, 0.15) is 5.78 Å². The third kappa shape index (κ3) is 4.08. The fourth-order valence-electron chi connectivity index (χ4n) is 2.40. The van der Waals surface area contributed by atoms with Gasteiger partial charge >= 0.3 is 0 Å². The molecule has 1 N–H and O–H groups in total. The van der Waals surface area contributed by atoms with Gasteiger partial charge in [-0.2, -0.15) is 16.9 Å². The zero-order valence-corrected chi connectivity index (χ0v) is 12.6. The molecule has 1 fully saturated rings. The molecule has 1 aromatic heterocycles. The van der Waals surface area contributed by atoms with E-state index in [4.69, 9.17) is 0 Å². The third-order valence-electron chi connectivity index (χ3n) is 3.43. The van der Waals surface area contributed by atoms with Crippen molar-refractivity contribution in [3.63, 3.8) is 0 Å². The van der Waals surface area contributed by atoms with Gasteiger partial charge in [-0.1, -0.05) is 6.92 Å². The van der Waals surface area contributed by atoms with Crippen LogP contribution in [-0.4, -0.2) is 39.7 Å². The average molecular weight is 281 g/mol. The largest absolute Gasteiger partial charge is 0.312 e. The summed E-state index contributed by atoms with van der Waals surface area (Å²) in [6.07, 6.45) is 2.09. The summed E-state index contributed by atoms with van der Waals surface area (Å²) in [5.74, 6) is 2.53. The lowest BCUT2D eigenvalue weighted by atomic mass is 10.1. The van der Waals surface area contributed by atoms with Crippen LogP contribution in [0.25, 0.3) is 0 Å². The summed E-state index contributed by atoms with van der Waals surface area (Å²) in [5.41, 5.74) is 2.14. The van der Waals surface area contributed by atoms with E-state index >= 15 is 0 Å². The molecule has 0 spiro atoms. The van der Waals surface area contributed by atoms with Crippen molar-refractivity contribution in [3.05, 3.63) is 17.5 Å². The first-order valence-electron chi connectivity index (χ1n) is 7.11. The predicted molar refractivity (Wildman–Crippen MR) is 79.7 cm³/mol. The van der Waals surface area contributed by atoms with Crippen LogP contribution in [0.5, 0.6) is 0 Å². The Morgan fingerprint density at radius 3 is 3.05 bits per heavy atom. The van der Waals surface area contributed by atoms with E-state index in [2.05, 4.69) is 30.3 Å². The third-order valence-corrected chi connectivity index (χ3v) is 4.56. The molecule has 0 bridgehead atoms. The normalized spacial score (nSPS) is 19.6. The first-order valence-corrected chi connectivity index (χ1v) is 8.26. The van der Waals surface area contributed by atoms with Gasteiger partial charge in [0.2, 0.25) is 0 Å². The number of hydrogen-bond donors (Lipinski definition) is 1. The second kappa shape index (κ2) is 7.10. The lowest BCUT2D eigenvalue weighted by Crippen LogP contribution is -2.39. The molecule has 0 aromatic carbocycles. The molecule has 1 atom stereocenters. The summed E-state index contributed by atoms with van der Waals surface area (Å²) in [7, 11) is 0. The van der Waals surface area contributed by atoms with Crippen molar-refractivity contribution in [3.8, 4) is 0 Å². The number of hydrogen-bond acceptors (Lipinski definition) is 4. The van der Waals surface area contributed by atoms with Gasteiger partial charge in [-0.3, -0.25) is 9.48 Å². The van der Waals surface area contributed by atoms with Gasteiger partial charge in [0.05, 0.1) is 5.69 Å². The molecule has 1 unspecified atom stereocenters. The number of ketones is 1. The highest BCUT2D eigenvalue weighted by Crippen LogP contribution is 2.13. The van der Waals surface area contributed by atoms with Crippen molar-refractivity contribution in [1.29, 1.82) is 0 Å². The first-order chi connectivity index (χ1) is 9.22. The van der Waals surface area contributed by atoms with Gasteiger partial charge in [0.15, 0.2) is 0 Å². The lowest BCUT2D eigenvalue weighted by Gasteiger charge is -2.22. The molecule has 2 rings (SSSR count). The molecule has 5 heteroatoms.